The predicted molar refractivity (Wildman–Crippen MR) is 74.4 cm³/mol. The maximum Gasteiger partial charge on any atom is 0.0991 e. The van der Waals surface area contributed by atoms with E-state index in [0.717, 1.165) is 6.54 Å². The van der Waals surface area contributed by atoms with Gasteiger partial charge in [-0.05, 0) is 42.7 Å². The maximum absolute atomic E-state index is 8.74. The van der Waals surface area contributed by atoms with Gasteiger partial charge in [-0.15, -0.1) is 0 Å². The van der Waals surface area contributed by atoms with Crippen molar-refractivity contribution in [1.29, 1.82) is 5.26 Å². The van der Waals surface area contributed by atoms with E-state index in [4.69, 9.17) is 5.26 Å². The van der Waals surface area contributed by atoms with Crippen molar-refractivity contribution < 1.29 is 0 Å². The molecule has 0 aromatic heterocycles. The van der Waals surface area contributed by atoms with Crippen molar-refractivity contribution >= 4 is 5.69 Å². The van der Waals surface area contributed by atoms with Crippen LogP contribution in [0.2, 0.25) is 0 Å². The van der Waals surface area contributed by atoms with Gasteiger partial charge in [0.1, 0.15) is 0 Å². The molecule has 2 aromatic carbocycles. The molecule has 0 heterocycles. The van der Waals surface area contributed by atoms with E-state index in [2.05, 4.69) is 43.4 Å². The number of hydrogen-bond donors (Lipinski definition) is 1. The van der Waals surface area contributed by atoms with Gasteiger partial charge < -0.3 is 5.32 Å². The summed E-state index contributed by atoms with van der Waals surface area (Å²) in [5.74, 6) is 0. The summed E-state index contributed by atoms with van der Waals surface area (Å²) in [4.78, 5) is 0. The summed E-state index contributed by atoms with van der Waals surface area (Å²) >= 11 is 0. The molecule has 0 atom stereocenters. The van der Waals surface area contributed by atoms with Crippen LogP contribution in [-0.2, 0) is 6.54 Å². The van der Waals surface area contributed by atoms with Crippen molar-refractivity contribution in [1.82, 2.24) is 0 Å². The summed E-state index contributed by atoms with van der Waals surface area (Å²) in [7, 11) is 0. The highest BCUT2D eigenvalue weighted by atomic mass is 14.9. The Morgan fingerprint density at radius 1 is 1.00 bits per heavy atom. The summed E-state index contributed by atoms with van der Waals surface area (Å²) in [5, 5.41) is 12.2. The molecular formula is C16H16N2. The molecule has 2 rings (SSSR count). The number of nitrogens with zero attached hydrogens (tertiary/aromatic N) is 1. The minimum Gasteiger partial charge on any atom is -0.381 e. The Kier molecular flexibility index (Phi) is 3.64. The van der Waals surface area contributed by atoms with Crippen LogP contribution < -0.4 is 5.32 Å². The number of nitrogens with one attached hydrogen (secondary N) is 1. The quantitative estimate of drug-likeness (QED) is 0.880. The molecule has 18 heavy (non-hydrogen) atoms. The highest BCUT2D eigenvalue weighted by molar-refractivity contribution is 5.56. The molecule has 0 fully saturated rings. The van der Waals surface area contributed by atoms with Crippen LogP contribution in [0.15, 0.2) is 42.5 Å². The van der Waals surface area contributed by atoms with Crippen molar-refractivity contribution in [2.24, 2.45) is 0 Å². The molecule has 90 valence electrons. The molecule has 2 heteroatoms. The molecule has 1 N–H and O–H groups in total. The Bertz CT molecular complexity index is 557. The number of rotatable bonds is 3. The van der Waals surface area contributed by atoms with Crippen LogP contribution in [0.4, 0.5) is 5.69 Å². The Balaban J connectivity index is 2.09. The first-order chi connectivity index (χ1) is 8.70. The van der Waals surface area contributed by atoms with Gasteiger partial charge in [0, 0.05) is 12.2 Å². The van der Waals surface area contributed by atoms with Crippen LogP contribution in [-0.4, -0.2) is 0 Å². The van der Waals surface area contributed by atoms with Crippen molar-refractivity contribution in [3.05, 3.63) is 64.7 Å². The SMILES string of the molecule is Cc1cccc(C)c1NCc1ccc(C#N)cc1. The zero-order chi connectivity index (χ0) is 13.0. The summed E-state index contributed by atoms with van der Waals surface area (Å²) in [5.41, 5.74) is 5.58. The second-order valence-corrected chi connectivity index (χ2v) is 4.43. The molecule has 0 radical (unpaired) electrons. The lowest BCUT2D eigenvalue weighted by atomic mass is 10.1. The fourth-order valence-electron chi connectivity index (χ4n) is 1.98. The minimum absolute atomic E-state index is 0.700. The first kappa shape index (κ1) is 12.2. The number of aryl methyl sites for hydroxylation is 2. The molecule has 0 unspecified atom stereocenters. The Labute approximate surface area is 108 Å². The second kappa shape index (κ2) is 5.37. The largest absolute Gasteiger partial charge is 0.381 e. The number of para-hydroxylation sites is 1. The van der Waals surface area contributed by atoms with Crippen molar-refractivity contribution in [2.45, 2.75) is 20.4 Å². The fourth-order valence-corrected chi connectivity index (χ4v) is 1.98. The second-order valence-electron chi connectivity index (χ2n) is 4.43. The third kappa shape index (κ3) is 2.70. The van der Waals surface area contributed by atoms with Crippen LogP contribution in [0.1, 0.15) is 22.3 Å². The van der Waals surface area contributed by atoms with E-state index >= 15 is 0 Å². The summed E-state index contributed by atoms with van der Waals surface area (Å²) < 4.78 is 0. The van der Waals surface area contributed by atoms with Gasteiger partial charge >= 0.3 is 0 Å². The van der Waals surface area contributed by atoms with Gasteiger partial charge in [-0.1, -0.05) is 30.3 Å². The molecular weight excluding hydrogens is 220 g/mol. The summed E-state index contributed by atoms with van der Waals surface area (Å²) in [6.45, 7) is 4.99. The zero-order valence-electron chi connectivity index (χ0n) is 10.7. The molecule has 0 aliphatic carbocycles. The average Bonchev–Trinajstić information content (AvgIpc) is 2.39. The molecule has 0 saturated carbocycles. The van der Waals surface area contributed by atoms with E-state index in [1.54, 1.807) is 0 Å². The molecule has 0 saturated heterocycles. The van der Waals surface area contributed by atoms with Gasteiger partial charge in [-0.3, -0.25) is 0 Å². The van der Waals surface area contributed by atoms with Gasteiger partial charge in [-0.25, -0.2) is 0 Å². The lowest BCUT2D eigenvalue weighted by Crippen LogP contribution is -2.02. The van der Waals surface area contributed by atoms with E-state index in [9.17, 15) is 0 Å². The third-order valence-corrected chi connectivity index (χ3v) is 3.03. The van der Waals surface area contributed by atoms with Crippen molar-refractivity contribution in [2.75, 3.05) is 5.32 Å². The first-order valence-electron chi connectivity index (χ1n) is 6.00. The normalized spacial score (nSPS) is 9.83. The Hall–Kier alpha value is -2.27. The molecule has 2 aromatic rings. The Morgan fingerprint density at radius 3 is 2.17 bits per heavy atom. The summed E-state index contributed by atoms with van der Waals surface area (Å²) in [6, 6.07) is 16.1. The topological polar surface area (TPSA) is 35.8 Å². The number of hydrogen-bond acceptors (Lipinski definition) is 2. The maximum atomic E-state index is 8.74. The minimum atomic E-state index is 0.700. The van der Waals surface area contributed by atoms with Gasteiger partial charge in [-0.2, -0.15) is 5.26 Å². The Morgan fingerprint density at radius 2 is 1.61 bits per heavy atom. The van der Waals surface area contributed by atoms with Crippen LogP contribution in [0.3, 0.4) is 0 Å². The van der Waals surface area contributed by atoms with Crippen LogP contribution in [0.5, 0.6) is 0 Å². The summed E-state index contributed by atoms with van der Waals surface area (Å²) in [6.07, 6.45) is 0. The standard InChI is InChI=1S/C16H16N2/c1-12-4-3-5-13(2)16(12)18-11-15-8-6-14(10-17)7-9-15/h3-9,18H,11H2,1-2H3. The average molecular weight is 236 g/mol. The monoisotopic (exact) mass is 236 g/mol. The number of anilines is 1. The molecule has 0 amide bonds. The third-order valence-electron chi connectivity index (χ3n) is 3.03. The lowest BCUT2D eigenvalue weighted by Gasteiger charge is -2.12. The van der Waals surface area contributed by atoms with Crippen LogP contribution >= 0.6 is 0 Å². The van der Waals surface area contributed by atoms with E-state index in [1.165, 1.54) is 22.4 Å². The van der Waals surface area contributed by atoms with Crippen LogP contribution in [0, 0.1) is 25.2 Å². The molecule has 0 aliphatic rings. The van der Waals surface area contributed by atoms with E-state index in [0.29, 0.717) is 5.56 Å². The number of nitriles is 1. The van der Waals surface area contributed by atoms with Gasteiger partial charge in [0.2, 0.25) is 0 Å². The van der Waals surface area contributed by atoms with Crippen LogP contribution in [0.25, 0.3) is 0 Å². The zero-order valence-corrected chi connectivity index (χ0v) is 10.7. The van der Waals surface area contributed by atoms with E-state index in [1.807, 2.05) is 24.3 Å². The fraction of sp³-hybridized carbons (Fsp3) is 0.188. The van der Waals surface area contributed by atoms with Gasteiger partial charge in [0.15, 0.2) is 0 Å². The van der Waals surface area contributed by atoms with E-state index in [-0.39, 0.29) is 0 Å². The smallest absolute Gasteiger partial charge is 0.0991 e. The predicted octanol–water partition coefficient (Wildman–Crippen LogP) is 3.79. The number of benzene rings is 2. The first-order valence-corrected chi connectivity index (χ1v) is 6.00. The molecule has 0 spiro atoms. The lowest BCUT2D eigenvalue weighted by molar-refractivity contribution is 1.13. The van der Waals surface area contributed by atoms with Gasteiger partial charge in [0.25, 0.3) is 0 Å². The molecule has 0 bridgehead atoms. The van der Waals surface area contributed by atoms with Gasteiger partial charge in [0.05, 0.1) is 11.6 Å². The van der Waals surface area contributed by atoms with Crippen molar-refractivity contribution in [3.63, 3.8) is 0 Å². The molecule has 2 nitrogen and oxygen atoms in total. The highest BCUT2D eigenvalue weighted by Gasteiger charge is 2.01. The van der Waals surface area contributed by atoms with E-state index < -0.39 is 0 Å². The van der Waals surface area contributed by atoms with Crippen molar-refractivity contribution in [3.8, 4) is 6.07 Å². The molecule has 0 aliphatic heterocycles. The highest BCUT2D eigenvalue weighted by Crippen LogP contribution is 2.20.